The Labute approximate surface area is 172 Å². The van der Waals surface area contributed by atoms with E-state index in [2.05, 4.69) is 0 Å². The fraction of sp³-hybridized carbons (Fsp3) is 0.636. The normalized spacial score (nSPS) is 20.5. The van der Waals surface area contributed by atoms with Crippen LogP contribution in [-0.2, 0) is 9.47 Å². The van der Waals surface area contributed by atoms with E-state index in [1.807, 2.05) is 51.1 Å². The molecule has 29 heavy (non-hydrogen) atoms. The Morgan fingerprint density at radius 1 is 1.17 bits per heavy atom. The SMILES string of the molecule is CC(C)(C)OC(=O)N1CCC(CCN2C(=O)OC[C@H]2COc2ccccc2)CC1. The Morgan fingerprint density at radius 3 is 2.52 bits per heavy atom. The molecule has 0 bridgehead atoms. The van der Waals surface area contributed by atoms with Crippen molar-refractivity contribution in [3.05, 3.63) is 30.3 Å². The van der Waals surface area contributed by atoms with E-state index < -0.39 is 5.60 Å². The molecule has 0 saturated carbocycles. The van der Waals surface area contributed by atoms with Gasteiger partial charge in [0.25, 0.3) is 0 Å². The van der Waals surface area contributed by atoms with Crippen LogP contribution in [0.4, 0.5) is 9.59 Å². The van der Waals surface area contributed by atoms with Crippen LogP contribution in [0.3, 0.4) is 0 Å². The average molecular weight is 405 g/mol. The molecule has 2 heterocycles. The fourth-order valence-electron chi connectivity index (χ4n) is 3.66. The highest BCUT2D eigenvalue weighted by molar-refractivity contribution is 5.70. The quantitative estimate of drug-likeness (QED) is 0.719. The van der Waals surface area contributed by atoms with Crippen molar-refractivity contribution in [3.63, 3.8) is 0 Å². The summed E-state index contributed by atoms with van der Waals surface area (Å²) in [7, 11) is 0. The molecule has 0 N–H and O–H groups in total. The van der Waals surface area contributed by atoms with Gasteiger partial charge < -0.3 is 19.1 Å². The minimum absolute atomic E-state index is 0.0652. The van der Waals surface area contributed by atoms with Gasteiger partial charge in [-0.15, -0.1) is 0 Å². The zero-order valence-corrected chi connectivity index (χ0v) is 17.6. The number of carbonyl (C=O) groups excluding carboxylic acids is 2. The minimum Gasteiger partial charge on any atom is -0.491 e. The van der Waals surface area contributed by atoms with Crippen molar-refractivity contribution >= 4 is 12.2 Å². The average Bonchev–Trinajstić information content (AvgIpc) is 3.04. The summed E-state index contributed by atoms with van der Waals surface area (Å²) >= 11 is 0. The Morgan fingerprint density at radius 2 is 1.86 bits per heavy atom. The molecule has 1 aromatic carbocycles. The molecule has 0 radical (unpaired) electrons. The van der Waals surface area contributed by atoms with Crippen LogP contribution in [-0.4, -0.2) is 66.5 Å². The molecule has 7 heteroatoms. The number of rotatable bonds is 6. The third kappa shape index (κ3) is 6.27. The second kappa shape index (κ2) is 9.37. The number of benzene rings is 1. The Kier molecular flexibility index (Phi) is 6.87. The van der Waals surface area contributed by atoms with Crippen LogP contribution >= 0.6 is 0 Å². The van der Waals surface area contributed by atoms with Crippen LogP contribution in [0.1, 0.15) is 40.0 Å². The summed E-state index contributed by atoms with van der Waals surface area (Å²) in [6.07, 6.45) is 2.25. The van der Waals surface area contributed by atoms with E-state index in [1.54, 1.807) is 9.80 Å². The molecule has 2 aliphatic heterocycles. The summed E-state index contributed by atoms with van der Waals surface area (Å²) in [5.74, 6) is 1.28. The molecular formula is C22H32N2O5. The zero-order valence-electron chi connectivity index (χ0n) is 17.6. The summed E-state index contributed by atoms with van der Waals surface area (Å²) in [5, 5.41) is 0. The zero-order chi connectivity index (χ0) is 20.9. The van der Waals surface area contributed by atoms with Crippen molar-refractivity contribution in [2.24, 2.45) is 5.92 Å². The van der Waals surface area contributed by atoms with Gasteiger partial charge in [0, 0.05) is 19.6 Å². The smallest absolute Gasteiger partial charge is 0.410 e. The van der Waals surface area contributed by atoms with Gasteiger partial charge in [-0.25, -0.2) is 9.59 Å². The highest BCUT2D eigenvalue weighted by Gasteiger charge is 2.34. The van der Waals surface area contributed by atoms with Crippen LogP contribution in [0, 0.1) is 5.92 Å². The first kappa shape index (κ1) is 21.3. The van der Waals surface area contributed by atoms with Gasteiger partial charge >= 0.3 is 12.2 Å². The van der Waals surface area contributed by atoms with E-state index in [9.17, 15) is 9.59 Å². The molecule has 0 unspecified atom stereocenters. The Bertz CT molecular complexity index is 680. The second-order valence-corrected chi connectivity index (χ2v) is 8.75. The number of piperidine rings is 1. The highest BCUT2D eigenvalue weighted by Crippen LogP contribution is 2.24. The first-order valence-corrected chi connectivity index (χ1v) is 10.4. The lowest BCUT2D eigenvalue weighted by Crippen LogP contribution is -2.43. The summed E-state index contributed by atoms with van der Waals surface area (Å²) in [5.41, 5.74) is -0.471. The van der Waals surface area contributed by atoms with Gasteiger partial charge in [0.05, 0.1) is 0 Å². The van der Waals surface area contributed by atoms with Crippen molar-refractivity contribution in [3.8, 4) is 5.75 Å². The van der Waals surface area contributed by atoms with Crippen molar-refractivity contribution in [2.45, 2.75) is 51.7 Å². The predicted octanol–water partition coefficient (Wildman–Crippen LogP) is 3.92. The maximum atomic E-state index is 12.2. The number of para-hydroxylation sites is 1. The minimum atomic E-state index is -0.471. The number of amides is 2. The number of likely N-dealkylation sites (tertiary alicyclic amines) is 1. The molecule has 2 fully saturated rings. The van der Waals surface area contributed by atoms with E-state index in [1.165, 1.54) is 0 Å². The summed E-state index contributed by atoms with van der Waals surface area (Å²) in [6, 6.07) is 9.53. The van der Waals surface area contributed by atoms with Crippen molar-refractivity contribution in [1.29, 1.82) is 0 Å². The van der Waals surface area contributed by atoms with E-state index in [0.29, 0.717) is 38.8 Å². The summed E-state index contributed by atoms with van der Waals surface area (Å²) < 4.78 is 16.5. The molecule has 0 spiro atoms. The van der Waals surface area contributed by atoms with Crippen LogP contribution in [0.2, 0.25) is 0 Å². The standard InChI is InChI=1S/C22H32N2O5/c1-22(2,3)29-20(25)23-12-9-17(10-13-23)11-14-24-18(16-28-21(24)26)15-27-19-7-5-4-6-8-19/h4-8,17-18H,9-16H2,1-3H3/t18-/m1/s1. The summed E-state index contributed by atoms with van der Waals surface area (Å²) in [4.78, 5) is 27.9. The number of cyclic esters (lactones) is 1. The molecule has 7 nitrogen and oxygen atoms in total. The van der Waals surface area contributed by atoms with Crippen LogP contribution in [0.25, 0.3) is 0 Å². The largest absolute Gasteiger partial charge is 0.491 e. The third-order valence-corrected chi connectivity index (χ3v) is 5.30. The lowest BCUT2D eigenvalue weighted by atomic mass is 9.93. The maximum Gasteiger partial charge on any atom is 0.410 e. The van der Waals surface area contributed by atoms with E-state index in [4.69, 9.17) is 14.2 Å². The van der Waals surface area contributed by atoms with E-state index in [-0.39, 0.29) is 18.2 Å². The molecule has 1 atom stereocenters. The van der Waals surface area contributed by atoms with Gasteiger partial charge in [0.2, 0.25) is 0 Å². The number of nitrogens with zero attached hydrogens (tertiary/aromatic N) is 2. The van der Waals surface area contributed by atoms with Crippen LogP contribution in [0.5, 0.6) is 5.75 Å². The molecule has 0 aliphatic carbocycles. The van der Waals surface area contributed by atoms with E-state index >= 15 is 0 Å². The van der Waals surface area contributed by atoms with E-state index in [0.717, 1.165) is 25.0 Å². The highest BCUT2D eigenvalue weighted by atomic mass is 16.6. The van der Waals surface area contributed by atoms with Crippen molar-refractivity contribution < 1.29 is 23.8 Å². The van der Waals surface area contributed by atoms with Gasteiger partial charge in [-0.05, 0) is 58.1 Å². The molecule has 160 valence electrons. The van der Waals surface area contributed by atoms with Crippen LogP contribution in [0.15, 0.2) is 30.3 Å². The number of hydrogen-bond acceptors (Lipinski definition) is 5. The van der Waals surface area contributed by atoms with Crippen LogP contribution < -0.4 is 4.74 Å². The van der Waals surface area contributed by atoms with Crippen molar-refractivity contribution in [1.82, 2.24) is 9.80 Å². The number of hydrogen-bond donors (Lipinski definition) is 0. The molecule has 2 saturated heterocycles. The molecule has 2 aliphatic rings. The molecular weight excluding hydrogens is 372 g/mol. The molecule has 3 rings (SSSR count). The summed E-state index contributed by atoms with van der Waals surface area (Å²) in [6.45, 7) is 8.48. The molecule has 1 aromatic rings. The van der Waals surface area contributed by atoms with Gasteiger partial charge in [0.15, 0.2) is 0 Å². The Hall–Kier alpha value is -2.44. The third-order valence-electron chi connectivity index (χ3n) is 5.30. The predicted molar refractivity (Wildman–Crippen MR) is 109 cm³/mol. The second-order valence-electron chi connectivity index (χ2n) is 8.75. The lowest BCUT2D eigenvalue weighted by Gasteiger charge is -2.34. The van der Waals surface area contributed by atoms with Gasteiger partial charge in [0.1, 0.15) is 30.6 Å². The number of ether oxygens (including phenoxy) is 3. The Balaban J connectivity index is 1.42. The topological polar surface area (TPSA) is 68.3 Å². The fourth-order valence-corrected chi connectivity index (χ4v) is 3.66. The first-order valence-electron chi connectivity index (χ1n) is 10.4. The van der Waals surface area contributed by atoms with Gasteiger partial charge in [-0.1, -0.05) is 18.2 Å². The monoisotopic (exact) mass is 404 g/mol. The van der Waals surface area contributed by atoms with Crippen molar-refractivity contribution in [2.75, 3.05) is 32.8 Å². The maximum absolute atomic E-state index is 12.2. The lowest BCUT2D eigenvalue weighted by molar-refractivity contribution is 0.0178. The molecule has 0 aromatic heterocycles. The first-order chi connectivity index (χ1) is 13.8. The van der Waals surface area contributed by atoms with Gasteiger partial charge in [-0.2, -0.15) is 0 Å². The number of carbonyl (C=O) groups is 2. The van der Waals surface area contributed by atoms with Gasteiger partial charge in [-0.3, -0.25) is 4.90 Å². The molecule has 2 amide bonds.